The van der Waals surface area contributed by atoms with Crippen molar-refractivity contribution in [2.24, 2.45) is 4.99 Å². The van der Waals surface area contributed by atoms with Gasteiger partial charge in [0.25, 0.3) is 5.56 Å². The number of esters is 2. The molecule has 0 saturated heterocycles. The molecular weight excluding hydrogens is 636 g/mol. The first-order valence-corrected chi connectivity index (χ1v) is 17.5. The zero-order valence-electron chi connectivity index (χ0n) is 27.3. The van der Waals surface area contributed by atoms with Gasteiger partial charge in [-0.15, -0.1) is 0 Å². The molecule has 0 spiro atoms. The summed E-state index contributed by atoms with van der Waals surface area (Å²) in [4.78, 5) is 50.5. The van der Waals surface area contributed by atoms with Crippen LogP contribution in [0.3, 0.4) is 0 Å². The Morgan fingerprint density at radius 2 is 1.85 bits per heavy atom. The van der Waals surface area contributed by atoms with Crippen LogP contribution in [-0.4, -0.2) is 55.2 Å². The van der Waals surface area contributed by atoms with Gasteiger partial charge in [-0.1, -0.05) is 44.2 Å². The molecule has 1 unspecified atom stereocenters. The summed E-state index contributed by atoms with van der Waals surface area (Å²) < 4.78 is 45.0. The highest BCUT2D eigenvalue weighted by molar-refractivity contribution is 7.89. The fourth-order valence-electron chi connectivity index (χ4n) is 6.48. The van der Waals surface area contributed by atoms with Gasteiger partial charge < -0.3 is 18.8 Å². The number of aliphatic imine (C=N–C) groups is 1. The lowest BCUT2D eigenvalue weighted by Gasteiger charge is -2.36. The SMILES string of the molecule is CCc1c2c(nc3ccccc13)-c1cc3c(c(=O)n1C2)COC(=O)[C@@]3(CC)OC(=O)C(C)N=C(Cc1ccc(OC)cc1)NS(C)(=O)=O. The van der Waals surface area contributed by atoms with E-state index in [0.29, 0.717) is 29.2 Å². The van der Waals surface area contributed by atoms with Gasteiger partial charge in [-0.3, -0.25) is 14.5 Å². The Bertz CT molecular complexity index is 2160. The number of benzene rings is 2. The van der Waals surface area contributed by atoms with Crippen molar-refractivity contribution in [1.29, 1.82) is 0 Å². The Kier molecular flexibility index (Phi) is 8.58. The summed E-state index contributed by atoms with van der Waals surface area (Å²) in [6.45, 7) is 5.22. The van der Waals surface area contributed by atoms with Gasteiger partial charge in [0.05, 0.1) is 42.4 Å². The Labute approximate surface area is 277 Å². The molecule has 250 valence electrons. The average Bonchev–Trinajstić information content (AvgIpc) is 3.43. The maximum absolute atomic E-state index is 14.0. The maximum Gasteiger partial charge on any atom is 0.355 e. The number of carbonyl (C=O) groups is 2. The smallest absolute Gasteiger partial charge is 0.355 e. The summed E-state index contributed by atoms with van der Waals surface area (Å²) >= 11 is 0. The molecule has 0 radical (unpaired) electrons. The number of carbonyl (C=O) groups excluding carboxylic acids is 2. The zero-order valence-corrected chi connectivity index (χ0v) is 28.1. The second-order valence-electron chi connectivity index (χ2n) is 11.9. The summed E-state index contributed by atoms with van der Waals surface area (Å²) in [6.07, 6.45) is 1.75. The topological polar surface area (TPSA) is 155 Å². The minimum absolute atomic E-state index is 0.00184. The van der Waals surface area contributed by atoms with E-state index in [1.165, 1.54) is 14.0 Å². The van der Waals surface area contributed by atoms with Crippen LogP contribution in [0.2, 0.25) is 0 Å². The van der Waals surface area contributed by atoms with Gasteiger partial charge in [0.1, 0.15) is 24.2 Å². The second kappa shape index (κ2) is 12.5. The van der Waals surface area contributed by atoms with Crippen LogP contribution < -0.4 is 15.0 Å². The molecule has 2 aliphatic heterocycles. The Balaban J connectivity index is 1.38. The van der Waals surface area contributed by atoms with Gasteiger partial charge in [-0.2, -0.15) is 0 Å². The normalized spacial score (nSPS) is 17.6. The lowest BCUT2D eigenvalue weighted by Crippen LogP contribution is -2.48. The molecule has 4 aromatic rings. The van der Waals surface area contributed by atoms with Crippen LogP contribution in [0.5, 0.6) is 5.75 Å². The van der Waals surface area contributed by atoms with Gasteiger partial charge in [-0.05, 0) is 55.2 Å². The van der Waals surface area contributed by atoms with E-state index < -0.39 is 33.6 Å². The largest absolute Gasteiger partial charge is 0.497 e. The van der Waals surface area contributed by atoms with Crippen molar-refractivity contribution in [3.63, 3.8) is 0 Å². The number of pyridine rings is 2. The van der Waals surface area contributed by atoms with Crippen LogP contribution in [0.15, 0.2) is 64.4 Å². The molecule has 1 N–H and O–H groups in total. The van der Waals surface area contributed by atoms with Crippen molar-refractivity contribution in [2.75, 3.05) is 13.4 Å². The summed E-state index contributed by atoms with van der Waals surface area (Å²) in [5.74, 6) is -1.08. The molecule has 0 aliphatic carbocycles. The van der Waals surface area contributed by atoms with Crippen molar-refractivity contribution >= 4 is 38.7 Å². The molecule has 2 aromatic heterocycles. The molecule has 2 aliphatic rings. The number of para-hydroxylation sites is 1. The highest BCUT2D eigenvalue weighted by Crippen LogP contribution is 2.42. The van der Waals surface area contributed by atoms with Gasteiger partial charge in [0.2, 0.25) is 15.6 Å². The van der Waals surface area contributed by atoms with Crippen molar-refractivity contribution < 1.29 is 32.2 Å². The number of amidine groups is 1. The summed E-state index contributed by atoms with van der Waals surface area (Å²) in [6, 6.07) is 15.2. The molecule has 0 saturated carbocycles. The quantitative estimate of drug-likeness (QED) is 0.140. The van der Waals surface area contributed by atoms with E-state index in [-0.39, 0.29) is 42.0 Å². The molecule has 0 bridgehead atoms. The van der Waals surface area contributed by atoms with Crippen molar-refractivity contribution in [3.8, 4) is 17.1 Å². The highest BCUT2D eigenvalue weighted by atomic mass is 32.2. The summed E-state index contributed by atoms with van der Waals surface area (Å²) in [5, 5.41) is 1.02. The Morgan fingerprint density at radius 3 is 2.52 bits per heavy atom. The van der Waals surface area contributed by atoms with Crippen LogP contribution >= 0.6 is 0 Å². The van der Waals surface area contributed by atoms with E-state index in [4.69, 9.17) is 19.2 Å². The maximum atomic E-state index is 14.0. The van der Waals surface area contributed by atoms with E-state index >= 15 is 0 Å². The number of hydrogen-bond donors (Lipinski definition) is 1. The summed E-state index contributed by atoms with van der Waals surface area (Å²) in [5.41, 5.74) is 2.90. The zero-order chi connectivity index (χ0) is 34.4. The highest BCUT2D eigenvalue weighted by Gasteiger charge is 2.51. The minimum Gasteiger partial charge on any atom is -0.497 e. The first kappa shape index (κ1) is 32.9. The lowest BCUT2D eigenvalue weighted by atomic mass is 9.85. The van der Waals surface area contributed by atoms with Crippen LogP contribution in [0.25, 0.3) is 22.3 Å². The predicted octanol–water partition coefficient (Wildman–Crippen LogP) is 3.78. The van der Waals surface area contributed by atoms with E-state index in [9.17, 15) is 22.8 Å². The number of aromatic nitrogens is 2. The number of fused-ring (bicyclic) bond motifs is 5. The van der Waals surface area contributed by atoms with Gasteiger partial charge in [0.15, 0.2) is 0 Å². The van der Waals surface area contributed by atoms with E-state index in [0.717, 1.165) is 34.7 Å². The number of sulfonamides is 1. The third-order valence-corrected chi connectivity index (χ3v) is 9.44. The second-order valence-corrected chi connectivity index (χ2v) is 13.7. The van der Waals surface area contributed by atoms with Crippen LogP contribution in [0.4, 0.5) is 0 Å². The number of aryl methyl sites for hydroxylation is 1. The monoisotopic (exact) mass is 672 g/mol. The number of methoxy groups -OCH3 is 1. The van der Waals surface area contributed by atoms with Crippen molar-refractivity contribution in [1.82, 2.24) is 14.3 Å². The van der Waals surface area contributed by atoms with Crippen LogP contribution in [0, 0.1) is 0 Å². The Morgan fingerprint density at radius 1 is 1.12 bits per heavy atom. The molecule has 6 rings (SSSR count). The number of cyclic esters (lactones) is 1. The molecule has 2 aromatic carbocycles. The number of nitrogens with zero attached hydrogens (tertiary/aromatic N) is 3. The van der Waals surface area contributed by atoms with E-state index in [2.05, 4.69) is 16.6 Å². The lowest BCUT2D eigenvalue weighted by molar-refractivity contribution is -0.190. The van der Waals surface area contributed by atoms with Gasteiger partial charge >= 0.3 is 11.9 Å². The molecule has 4 heterocycles. The number of nitrogens with one attached hydrogen (secondary N) is 1. The molecule has 0 fully saturated rings. The van der Waals surface area contributed by atoms with Gasteiger partial charge in [0, 0.05) is 22.9 Å². The van der Waals surface area contributed by atoms with E-state index in [1.807, 2.05) is 24.3 Å². The Hall–Kier alpha value is -5.04. The fraction of sp³-hybridized carbons (Fsp3) is 0.343. The minimum atomic E-state index is -3.75. The number of ether oxygens (including phenoxy) is 3. The van der Waals surface area contributed by atoms with Crippen LogP contribution in [0.1, 0.15) is 55.0 Å². The van der Waals surface area contributed by atoms with Crippen LogP contribution in [-0.2, 0) is 60.7 Å². The average molecular weight is 673 g/mol. The first-order chi connectivity index (χ1) is 22.9. The predicted molar refractivity (Wildman–Crippen MR) is 179 cm³/mol. The number of hydrogen-bond acceptors (Lipinski definition) is 10. The van der Waals surface area contributed by atoms with Crippen molar-refractivity contribution in [3.05, 3.63) is 92.8 Å². The van der Waals surface area contributed by atoms with Gasteiger partial charge in [-0.25, -0.2) is 23.0 Å². The summed E-state index contributed by atoms with van der Waals surface area (Å²) in [7, 11) is -2.21. The third-order valence-electron chi connectivity index (χ3n) is 8.83. The first-order valence-electron chi connectivity index (χ1n) is 15.6. The molecule has 0 amide bonds. The number of rotatable bonds is 9. The van der Waals surface area contributed by atoms with Crippen molar-refractivity contribution in [2.45, 2.75) is 64.8 Å². The standard InChI is InChI=1S/C35H36N4O8S/c1-6-23-24-10-8-9-11-28(24)37-31-25(23)18-39-29(31)17-27-26(32(39)40)19-46-34(42)35(27,7-2)47-33(41)20(3)36-30(38-48(5,43)44)16-21-12-14-22(45-4)15-13-21/h8-15,17,20H,6-7,16,18-19H2,1-5H3,(H,36,38)/t20?,35-/m0/s1. The molecule has 48 heavy (non-hydrogen) atoms. The fourth-order valence-corrected chi connectivity index (χ4v) is 7.03. The van der Waals surface area contributed by atoms with E-state index in [1.54, 1.807) is 41.8 Å². The molecule has 12 nitrogen and oxygen atoms in total. The third kappa shape index (κ3) is 5.83. The molecule has 13 heteroatoms. The molecule has 2 atom stereocenters. The molecular formula is C35H36N4O8S.